The van der Waals surface area contributed by atoms with Gasteiger partial charge in [0.15, 0.2) is 0 Å². The van der Waals surface area contributed by atoms with Crippen molar-refractivity contribution >= 4 is 11.3 Å². The molecule has 1 atom stereocenters. The highest BCUT2D eigenvalue weighted by Crippen LogP contribution is 2.17. The van der Waals surface area contributed by atoms with E-state index in [9.17, 15) is 0 Å². The Balaban J connectivity index is 1.93. The highest BCUT2D eigenvalue weighted by molar-refractivity contribution is 7.12. The summed E-state index contributed by atoms with van der Waals surface area (Å²) in [5.41, 5.74) is 0. The summed E-state index contributed by atoms with van der Waals surface area (Å²) in [6.07, 6.45) is 0. The molecule has 1 N–H and O–H groups in total. The molecule has 15 heavy (non-hydrogen) atoms. The predicted octanol–water partition coefficient (Wildman–Crippen LogP) is 1.41. The third-order valence-electron chi connectivity index (χ3n) is 2.60. The van der Waals surface area contributed by atoms with Crippen LogP contribution in [0.25, 0.3) is 0 Å². The summed E-state index contributed by atoms with van der Waals surface area (Å²) in [5.74, 6) is 0. The molecule has 1 fully saturated rings. The number of rotatable bonds is 2. The SMILES string of the molecule is C[C@H]1CN(Cc2ccc(C#N)s2)CCN1. The Labute approximate surface area is 94.3 Å². The molecule has 0 unspecified atom stereocenters. The summed E-state index contributed by atoms with van der Waals surface area (Å²) in [5, 5.41) is 12.2. The van der Waals surface area contributed by atoms with E-state index in [0.29, 0.717) is 6.04 Å². The van der Waals surface area contributed by atoms with Gasteiger partial charge in [-0.2, -0.15) is 5.26 Å². The lowest BCUT2D eigenvalue weighted by atomic mass is 10.2. The quantitative estimate of drug-likeness (QED) is 0.821. The molecule has 80 valence electrons. The second-order valence-corrected chi connectivity index (χ2v) is 5.14. The molecule has 0 aromatic carbocycles. The first-order valence-electron chi connectivity index (χ1n) is 5.22. The average molecular weight is 221 g/mol. The van der Waals surface area contributed by atoms with Crippen molar-refractivity contribution in [3.63, 3.8) is 0 Å². The highest BCUT2D eigenvalue weighted by atomic mass is 32.1. The van der Waals surface area contributed by atoms with Crippen LogP contribution in [0, 0.1) is 11.3 Å². The lowest BCUT2D eigenvalue weighted by Gasteiger charge is -2.31. The molecule has 1 aliphatic rings. The molecule has 0 radical (unpaired) electrons. The summed E-state index contributed by atoms with van der Waals surface area (Å²) in [6.45, 7) is 6.46. The Kier molecular flexibility index (Phi) is 3.37. The fourth-order valence-corrected chi connectivity index (χ4v) is 2.75. The van der Waals surface area contributed by atoms with Crippen molar-refractivity contribution in [2.75, 3.05) is 19.6 Å². The van der Waals surface area contributed by atoms with Crippen molar-refractivity contribution in [2.24, 2.45) is 0 Å². The molecular formula is C11H15N3S. The number of nitriles is 1. The zero-order chi connectivity index (χ0) is 10.7. The number of hydrogen-bond acceptors (Lipinski definition) is 4. The van der Waals surface area contributed by atoms with Gasteiger partial charge >= 0.3 is 0 Å². The van der Waals surface area contributed by atoms with Crippen LogP contribution in [0.1, 0.15) is 16.7 Å². The first-order valence-corrected chi connectivity index (χ1v) is 6.04. The lowest BCUT2D eigenvalue weighted by Crippen LogP contribution is -2.48. The second-order valence-electron chi connectivity index (χ2n) is 3.97. The van der Waals surface area contributed by atoms with E-state index in [1.54, 1.807) is 11.3 Å². The van der Waals surface area contributed by atoms with E-state index < -0.39 is 0 Å². The Morgan fingerprint density at radius 3 is 3.20 bits per heavy atom. The van der Waals surface area contributed by atoms with Crippen LogP contribution in [-0.2, 0) is 6.54 Å². The van der Waals surface area contributed by atoms with Crippen molar-refractivity contribution in [3.05, 3.63) is 21.9 Å². The molecule has 0 amide bonds. The molecule has 1 aromatic rings. The fraction of sp³-hybridized carbons (Fsp3) is 0.545. The Morgan fingerprint density at radius 1 is 1.67 bits per heavy atom. The molecule has 1 saturated heterocycles. The minimum atomic E-state index is 0.578. The van der Waals surface area contributed by atoms with Gasteiger partial charge in [0.05, 0.1) is 0 Å². The fourth-order valence-electron chi connectivity index (χ4n) is 1.90. The van der Waals surface area contributed by atoms with Crippen molar-refractivity contribution in [3.8, 4) is 6.07 Å². The largest absolute Gasteiger partial charge is 0.312 e. The number of nitrogens with one attached hydrogen (secondary N) is 1. The van der Waals surface area contributed by atoms with Gasteiger partial charge in [0.1, 0.15) is 10.9 Å². The lowest BCUT2D eigenvalue weighted by molar-refractivity contribution is 0.201. The molecular weight excluding hydrogens is 206 g/mol. The molecule has 3 nitrogen and oxygen atoms in total. The molecule has 0 saturated carbocycles. The van der Waals surface area contributed by atoms with Crippen molar-refractivity contribution in [1.29, 1.82) is 5.26 Å². The van der Waals surface area contributed by atoms with Crippen LogP contribution in [0.4, 0.5) is 0 Å². The molecule has 1 aromatic heterocycles. The van der Waals surface area contributed by atoms with E-state index in [0.717, 1.165) is 31.1 Å². The molecule has 0 bridgehead atoms. The highest BCUT2D eigenvalue weighted by Gasteiger charge is 2.15. The average Bonchev–Trinajstić information content (AvgIpc) is 2.65. The summed E-state index contributed by atoms with van der Waals surface area (Å²) in [7, 11) is 0. The van der Waals surface area contributed by atoms with E-state index in [4.69, 9.17) is 5.26 Å². The van der Waals surface area contributed by atoms with Gasteiger partial charge in [-0.1, -0.05) is 0 Å². The van der Waals surface area contributed by atoms with Gasteiger partial charge in [-0.25, -0.2) is 0 Å². The van der Waals surface area contributed by atoms with Gasteiger partial charge in [-0.15, -0.1) is 11.3 Å². The Bertz CT molecular complexity index is 366. The Morgan fingerprint density at radius 2 is 2.53 bits per heavy atom. The number of piperazine rings is 1. The maximum absolute atomic E-state index is 8.74. The van der Waals surface area contributed by atoms with Gasteiger partial charge < -0.3 is 5.32 Å². The third-order valence-corrected chi connectivity index (χ3v) is 3.58. The van der Waals surface area contributed by atoms with E-state index in [1.807, 2.05) is 6.07 Å². The van der Waals surface area contributed by atoms with Crippen LogP contribution in [-0.4, -0.2) is 30.6 Å². The first kappa shape index (κ1) is 10.6. The zero-order valence-electron chi connectivity index (χ0n) is 8.86. The molecule has 2 rings (SSSR count). The van der Waals surface area contributed by atoms with Gasteiger partial charge in [-0.3, -0.25) is 4.90 Å². The summed E-state index contributed by atoms with van der Waals surface area (Å²) in [4.78, 5) is 4.54. The molecule has 0 aliphatic carbocycles. The minimum absolute atomic E-state index is 0.578. The van der Waals surface area contributed by atoms with Crippen LogP contribution >= 0.6 is 11.3 Å². The van der Waals surface area contributed by atoms with Crippen LogP contribution in [0.2, 0.25) is 0 Å². The van der Waals surface area contributed by atoms with Gasteiger partial charge in [0.25, 0.3) is 0 Å². The summed E-state index contributed by atoms with van der Waals surface area (Å²) < 4.78 is 0. The smallest absolute Gasteiger partial charge is 0.110 e. The third kappa shape index (κ3) is 2.78. The standard InChI is InChI=1S/C11H15N3S/c1-9-7-14(5-4-13-9)8-11-3-2-10(6-12)15-11/h2-3,9,13H,4-5,7-8H2,1H3/t9-/m0/s1. The van der Waals surface area contributed by atoms with Crippen LogP contribution in [0.3, 0.4) is 0 Å². The Hall–Kier alpha value is -0.890. The summed E-state index contributed by atoms with van der Waals surface area (Å²) >= 11 is 1.60. The minimum Gasteiger partial charge on any atom is -0.312 e. The number of nitrogens with zero attached hydrogens (tertiary/aromatic N) is 2. The number of thiophene rings is 1. The van der Waals surface area contributed by atoms with Gasteiger partial charge in [0.2, 0.25) is 0 Å². The molecule has 1 aliphatic heterocycles. The normalized spacial score (nSPS) is 22.5. The maximum atomic E-state index is 8.74. The molecule has 2 heterocycles. The van der Waals surface area contributed by atoms with Gasteiger partial charge in [0, 0.05) is 37.1 Å². The molecule has 0 spiro atoms. The number of hydrogen-bond donors (Lipinski definition) is 1. The first-order chi connectivity index (χ1) is 7.28. The summed E-state index contributed by atoms with van der Waals surface area (Å²) in [6, 6.07) is 6.73. The van der Waals surface area contributed by atoms with Crippen molar-refractivity contribution in [2.45, 2.75) is 19.5 Å². The van der Waals surface area contributed by atoms with Crippen LogP contribution in [0.5, 0.6) is 0 Å². The van der Waals surface area contributed by atoms with Crippen molar-refractivity contribution in [1.82, 2.24) is 10.2 Å². The van der Waals surface area contributed by atoms with E-state index in [-0.39, 0.29) is 0 Å². The van der Waals surface area contributed by atoms with Gasteiger partial charge in [-0.05, 0) is 19.1 Å². The maximum Gasteiger partial charge on any atom is 0.110 e. The van der Waals surface area contributed by atoms with Crippen molar-refractivity contribution < 1.29 is 0 Å². The molecule has 4 heteroatoms. The monoisotopic (exact) mass is 221 g/mol. The van der Waals surface area contributed by atoms with E-state index in [1.165, 1.54) is 4.88 Å². The van der Waals surface area contributed by atoms with Crippen LogP contribution < -0.4 is 5.32 Å². The topological polar surface area (TPSA) is 39.1 Å². The van der Waals surface area contributed by atoms with E-state index >= 15 is 0 Å². The van der Waals surface area contributed by atoms with E-state index in [2.05, 4.69) is 29.3 Å². The second kappa shape index (κ2) is 4.75. The predicted molar refractivity (Wildman–Crippen MR) is 61.8 cm³/mol. The van der Waals surface area contributed by atoms with Crippen LogP contribution in [0.15, 0.2) is 12.1 Å². The zero-order valence-corrected chi connectivity index (χ0v) is 9.68.